The number of para-hydroxylation sites is 2. The first-order valence-electron chi connectivity index (χ1n) is 9.82. The second-order valence-corrected chi connectivity index (χ2v) is 7.38. The minimum Gasteiger partial charge on any atom is -0.495 e. The molecule has 0 spiro atoms. The van der Waals surface area contributed by atoms with E-state index in [1.54, 1.807) is 12.0 Å². The first-order chi connectivity index (χ1) is 13.9. The van der Waals surface area contributed by atoms with Gasteiger partial charge in [-0.1, -0.05) is 12.1 Å². The number of aliphatic hydroxyl groups is 2. The molecule has 4 atom stereocenters. The van der Waals surface area contributed by atoms with Crippen LogP contribution in [0.15, 0.2) is 24.3 Å². The van der Waals surface area contributed by atoms with Gasteiger partial charge in [0.2, 0.25) is 11.8 Å². The predicted molar refractivity (Wildman–Crippen MR) is 106 cm³/mol. The number of nitrogens with zero attached hydrogens (tertiary/aromatic N) is 2. The highest BCUT2D eigenvalue weighted by Gasteiger charge is 2.43. The number of piperazine rings is 1. The molecule has 2 saturated heterocycles. The molecule has 0 aromatic heterocycles. The number of carbonyl (C=O) groups excluding carboxylic acids is 2. The summed E-state index contributed by atoms with van der Waals surface area (Å²) in [6, 6.07) is 7.78. The Morgan fingerprint density at radius 1 is 1.14 bits per heavy atom. The second-order valence-electron chi connectivity index (χ2n) is 7.38. The van der Waals surface area contributed by atoms with E-state index in [0.29, 0.717) is 26.2 Å². The molecule has 3 rings (SSSR count). The van der Waals surface area contributed by atoms with Gasteiger partial charge in [-0.15, -0.1) is 0 Å². The molecule has 1 aromatic rings. The van der Waals surface area contributed by atoms with Gasteiger partial charge in [-0.3, -0.25) is 9.59 Å². The molecule has 2 amide bonds. The van der Waals surface area contributed by atoms with Crippen LogP contribution in [-0.2, 0) is 14.3 Å². The Bertz CT molecular complexity index is 722. The molecule has 2 aliphatic rings. The van der Waals surface area contributed by atoms with Crippen LogP contribution >= 0.6 is 0 Å². The molecule has 3 N–H and O–H groups in total. The molecule has 160 valence electrons. The fourth-order valence-electron chi connectivity index (χ4n) is 3.80. The van der Waals surface area contributed by atoms with Crippen LogP contribution in [0.2, 0.25) is 0 Å². The third-order valence-electron chi connectivity index (χ3n) is 5.45. The Labute approximate surface area is 170 Å². The number of methoxy groups -OCH3 is 1. The molecule has 4 unspecified atom stereocenters. The van der Waals surface area contributed by atoms with Crippen molar-refractivity contribution in [2.45, 2.75) is 37.8 Å². The summed E-state index contributed by atoms with van der Waals surface area (Å²) in [5, 5.41) is 22.9. The number of benzene rings is 1. The highest BCUT2D eigenvalue weighted by molar-refractivity contribution is 5.77. The third kappa shape index (κ3) is 4.98. The lowest BCUT2D eigenvalue weighted by Crippen LogP contribution is -2.50. The minimum absolute atomic E-state index is 0.0105. The topological polar surface area (TPSA) is 112 Å². The van der Waals surface area contributed by atoms with E-state index in [0.717, 1.165) is 11.4 Å². The van der Waals surface area contributed by atoms with Crippen molar-refractivity contribution in [3.8, 4) is 5.75 Å². The van der Waals surface area contributed by atoms with Crippen LogP contribution in [0.5, 0.6) is 5.75 Å². The standard InChI is InChI=1S/C20H29N3O6/c1-13(24)21-12-17-20(27)19(26)16(29-17)11-18(25)23-9-7-22(8-10-23)14-5-3-4-6-15(14)28-2/h3-6,16-17,19-20,26-27H,7-12H2,1-2H3,(H,21,24). The van der Waals surface area contributed by atoms with Crippen LogP contribution in [0.3, 0.4) is 0 Å². The number of carbonyl (C=O) groups is 2. The fourth-order valence-corrected chi connectivity index (χ4v) is 3.80. The van der Waals surface area contributed by atoms with Crippen molar-refractivity contribution in [1.82, 2.24) is 10.2 Å². The second kappa shape index (κ2) is 9.43. The van der Waals surface area contributed by atoms with Crippen molar-refractivity contribution in [3.63, 3.8) is 0 Å². The highest BCUT2D eigenvalue weighted by Crippen LogP contribution is 2.29. The van der Waals surface area contributed by atoms with E-state index in [-0.39, 0.29) is 24.8 Å². The normalized spacial score (nSPS) is 27.0. The lowest BCUT2D eigenvalue weighted by Gasteiger charge is -2.37. The van der Waals surface area contributed by atoms with Crippen LogP contribution in [0.4, 0.5) is 5.69 Å². The molecule has 29 heavy (non-hydrogen) atoms. The quantitative estimate of drug-likeness (QED) is 0.575. The molecule has 1 aromatic carbocycles. The first kappa shape index (κ1) is 21.4. The van der Waals surface area contributed by atoms with Gasteiger partial charge >= 0.3 is 0 Å². The van der Waals surface area contributed by atoms with Gasteiger partial charge < -0.3 is 34.8 Å². The van der Waals surface area contributed by atoms with Crippen molar-refractivity contribution >= 4 is 17.5 Å². The van der Waals surface area contributed by atoms with Gasteiger partial charge in [0, 0.05) is 39.6 Å². The van der Waals surface area contributed by atoms with E-state index in [2.05, 4.69) is 10.2 Å². The molecular formula is C20H29N3O6. The fraction of sp³-hybridized carbons (Fsp3) is 0.600. The minimum atomic E-state index is -1.16. The Kier molecular flexibility index (Phi) is 6.94. The number of aliphatic hydroxyl groups excluding tert-OH is 2. The zero-order valence-corrected chi connectivity index (χ0v) is 16.8. The summed E-state index contributed by atoms with van der Waals surface area (Å²) >= 11 is 0. The van der Waals surface area contributed by atoms with Gasteiger partial charge in [-0.2, -0.15) is 0 Å². The predicted octanol–water partition coefficient (Wildman–Crippen LogP) is -0.641. The maximum Gasteiger partial charge on any atom is 0.225 e. The number of amides is 2. The number of hydrogen-bond donors (Lipinski definition) is 3. The molecule has 2 aliphatic heterocycles. The van der Waals surface area contributed by atoms with Crippen molar-refractivity contribution in [1.29, 1.82) is 0 Å². The lowest BCUT2D eigenvalue weighted by molar-refractivity contribution is -0.135. The van der Waals surface area contributed by atoms with E-state index in [9.17, 15) is 19.8 Å². The van der Waals surface area contributed by atoms with E-state index in [4.69, 9.17) is 9.47 Å². The van der Waals surface area contributed by atoms with Crippen LogP contribution in [-0.4, -0.2) is 91.2 Å². The van der Waals surface area contributed by atoms with E-state index in [1.165, 1.54) is 6.92 Å². The Balaban J connectivity index is 1.51. The number of rotatable bonds is 6. The van der Waals surface area contributed by atoms with Gasteiger partial charge in [0.25, 0.3) is 0 Å². The van der Waals surface area contributed by atoms with Crippen molar-refractivity contribution < 1.29 is 29.3 Å². The van der Waals surface area contributed by atoms with Crippen LogP contribution in [0, 0.1) is 0 Å². The number of hydrogen-bond acceptors (Lipinski definition) is 7. The molecular weight excluding hydrogens is 378 g/mol. The maximum absolute atomic E-state index is 12.7. The van der Waals surface area contributed by atoms with Crippen molar-refractivity contribution in [3.05, 3.63) is 24.3 Å². The Morgan fingerprint density at radius 2 is 1.79 bits per heavy atom. The summed E-state index contributed by atoms with van der Waals surface area (Å²) in [5.74, 6) is 0.429. The molecule has 0 bridgehead atoms. The molecule has 2 fully saturated rings. The zero-order valence-electron chi connectivity index (χ0n) is 16.8. The summed E-state index contributed by atoms with van der Waals surface area (Å²) in [5.41, 5.74) is 1.00. The van der Waals surface area contributed by atoms with Gasteiger partial charge in [-0.05, 0) is 12.1 Å². The van der Waals surface area contributed by atoms with Crippen molar-refractivity contribution in [2.24, 2.45) is 0 Å². The van der Waals surface area contributed by atoms with E-state index >= 15 is 0 Å². The zero-order chi connectivity index (χ0) is 21.0. The van der Waals surface area contributed by atoms with E-state index in [1.807, 2.05) is 24.3 Å². The SMILES string of the molecule is COc1ccccc1N1CCN(C(=O)CC2OC(CNC(C)=O)C(O)C2O)CC1. The number of ether oxygens (including phenoxy) is 2. The number of anilines is 1. The summed E-state index contributed by atoms with van der Waals surface area (Å²) in [4.78, 5) is 27.6. The highest BCUT2D eigenvalue weighted by atomic mass is 16.5. The number of nitrogens with one attached hydrogen (secondary N) is 1. The van der Waals surface area contributed by atoms with Crippen LogP contribution in [0.25, 0.3) is 0 Å². The monoisotopic (exact) mass is 407 g/mol. The first-order valence-corrected chi connectivity index (χ1v) is 9.82. The molecule has 0 aliphatic carbocycles. The largest absolute Gasteiger partial charge is 0.495 e. The summed E-state index contributed by atoms with van der Waals surface area (Å²) < 4.78 is 11.0. The van der Waals surface area contributed by atoms with Gasteiger partial charge in [0.1, 0.15) is 24.1 Å². The Hall–Kier alpha value is -2.36. The summed E-state index contributed by atoms with van der Waals surface area (Å²) in [6.07, 6.45) is -3.82. The van der Waals surface area contributed by atoms with E-state index < -0.39 is 24.4 Å². The van der Waals surface area contributed by atoms with Gasteiger partial charge in [-0.25, -0.2) is 0 Å². The molecule has 9 heteroatoms. The average Bonchev–Trinajstić information content (AvgIpc) is 3.00. The Morgan fingerprint density at radius 3 is 2.45 bits per heavy atom. The lowest BCUT2D eigenvalue weighted by atomic mass is 10.0. The smallest absolute Gasteiger partial charge is 0.225 e. The van der Waals surface area contributed by atoms with Gasteiger partial charge in [0.05, 0.1) is 25.3 Å². The van der Waals surface area contributed by atoms with Crippen LogP contribution in [0.1, 0.15) is 13.3 Å². The maximum atomic E-state index is 12.7. The van der Waals surface area contributed by atoms with Gasteiger partial charge in [0.15, 0.2) is 0 Å². The van der Waals surface area contributed by atoms with Crippen molar-refractivity contribution in [2.75, 3.05) is 44.7 Å². The average molecular weight is 407 g/mol. The summed E-state index contributed by atoms with van der Waals surface area (Å²) in [7, 11) is 1.64. The molecule has 2 heterocycles. The molecule has 0 saturated carbocycles. The molecule has 9 nitrogen and oxygen atoms in total. The molecule has 0 radical (unpaired) electrons. The third-order valence-corrected chi connectivity index (χ3v) is 5.45. The van der Waals surface area contributed by atoms with Crippen LogP contribution < -0.4 is 15.0 Å². The summed E-state index contributed by atoms with van der Waals surface area (Å²) in [6.45, 7) is 3.91.